The Morgan fingerprint density at radius 3 is 2.70 bits per heavy atom. The van der Waals surface area contributed by atoms with Crippen LogP contribution in [0.1, 0.15) is 33.1 Å². The van der Waals surface area contributed by atoms with Crippen molar-refractivity contribution < 1.29 is 14.7 Å². The summed E-state index contributed by atoms with van der Waals surface area (Å²) in [7, 11) is 0. The van der Waals surface area contributed by atoms with Crippen LogP contribution in [-0.2, 0) is 4.79 Å². The number of carboxylic acids is 1. The van der Waals surface area contributed by atoms with Gasteiger partial charge in [0, 0.05) is 25.2 Å². The minimum Gasteiger partial charge on any atom is -0.481 e. The van der Waals surface area contributed by atoms with Crippen LogP contribution in [0.3, 0.4) is 0 Å². The van der Waals surface area contributed by atoms with Gasteiger partial charge >= 0.3 is 12.0 Å². The van der Waals surface area contributed by atoms with Gasteiger partial charge in [0.1, 0.15) is 0 Å². The summed E-state index contributed by atoms with van der Waals surface area (Å²) in [5.41, 5.74) is 0. The molecule has 3 N–H and O–H groups in total. The van der Waals surface area contributed by atoms with Gasteiger partial charge in [0.25, 0.3) is 0 Å². The maximum Gasteiger partial charge on any atom is 0.315 e. The summed E-state index contributed by atoms with van der Waals surface area (Å²) >= 11 is 0. The third-order valence-electron chi connectivity index (χ3n) is 4.53. The zero-order valence-corrected chi connectivity index (χ0v) is 12.3. The van der Waals surface area contributed by atoms with E-state index in [9.17, 15) is 9.59 Å². The highest BCUT2D eigenvalue weighted by molar-refractivity contribution is 5.76. The van der Waals surface area contributed by atoms with E-state index < -0.39 is 11.9 Å². The Kier molecular flexibility index (Phi) is 4.86. The average molecular weight is 283 g/mol. The summed E-state index contributed by atoms with van der Waals surface area (Å²) in [6.07, 6.45) is 3.35. The van der Waals surface area contributed by atoms with E-state index >= 15 is 0 Å². The molecule has 0 aromatic heterocycles. The minimum atomic E-state index is -0.858. The molecule has 2 aliphatic rings. The number of urea groups is 1. The summed E-state index contributed by atoms with van der Waals surface area (Å²) in [6, 6.07) is 0.441. The predicted octanol–water partition coefficient (Wildman–Crippen LogP) is 0.879. The average Bonchev–Trinajstić information content (AvgIpc) is 2.93. The third-order valence-corrected chi connectivity index (χ3v) is 4.53. The molecule has 3 unspecified atom stereocenters. The van der Waals surface area contributed by atoms with Crippen molar-refractivity contribution in [3.8, 4) is 0 Å². The lowest BCUT2D eigenvalue weighted by Gasteiger charge is -2.22. The van der Waals surface area contributed by atoms with Crippen molar-refractivity contribution >= 4 is 12.0 Å². The second-order valence-electron chi connectivity index (χ2n) is 6.18. The topological polar surface area (TPSA) is 81.7 Å². The number of carbonyl (C=O) groups is 2. The number of hydrogen-bond acceptors (Lipinski definition) is 3. The first-order chi connectivity index (χ1) is 9.49. The molecule has 0 aromatic carbocycles. The second-order valence-corrected chi connectivity index (χ2v) is 6.18. The Hall–Kier alpha value is -1.30. The van der Waals surface area contributed by atoms with Gasteiger partial charge in [-0.25, -0.2) is 4.79 Å². The number of fused-ring (bicyclic) bond motifs is 1. The van der Waals surface area contributed by atoms with Crippen LogP contribution >= 0.6 is 0 Å². The number of rotatable bonds is 5. The van der Waals surface area contributed by atoms with Gasteiger partial charge < -0.3 is 15.7 Å². The molecular weight excluding hydrogens is 258 g/mol. The molecule has 0 aliphatic carbocycles. The van der Waals surface area contributed by atoms with Gasteiger partial charge in [-0.3, -0.25) is 9.69 Å². The molecule has 20 heavy (non-hydrogen) atoms. The Bertz CT molecular complexity index is 373. The summed E-state index contributed by atoms with van der Waals surface area (Å²) in [5.74, 6) is -1.39. The van der Waals surface area contributed by atoms with E-state index in [1.807, 2.05) is 13.8 Å². The van der Waals surface area contributed by atoms with Gasteiger partial charge in [0.2, 0.25) is 0 Å². The molecule has 6 heteroatoms. The van der Waals surface area contributed by atoms with Gasteiger partial charge in [-0.2, -0.15) is 0 Å². The molecule has 0 bridgehead atoms. The first-order valence-corrected chi connectivity index (χ1v) is 7.50. The van der Waals surface area contributed by atoms with Crippen molar-refractivity contribution in [2.24, 2.45) is 11.8 Å². The summed E-state index contributed by atoms with van der Waals surface area (Å²) in [5, 5.41) is 14.8. The fourth-order valence-corrected chi connectivity index (χ4v) is 3.28. The summed E-state index contributed by atoms with van der Waals surface area (Å²) < 4.78 is 0. The highest BCUT2D eigenvalue weighted by Crippen LogP contribution is 2.27. The van der Waals surface area contributed by atoms with Gasteiger partial charge in [-0.15, -0.1) is 0 Å². The van der Waals surface area contributed by atoms with Crippen LogP contribution in [0.15, 0.2) is 0 Å². The summed E-state index contributed by atoms with van der Waals surface area (Å²) in [6.45, 7) is 6.08. The SMILES string of the molecule is CC(C)C(CNC(=O)NC1CCN2CCCC12)C(=O)O. The minimum absolute atomic E-state index is 0.00426. The van der Waals surface area contributed by atoms with Crippen LogP contribution in [0.5, 0.6) is 0 Å². The van der Waals surface area contributed by atoms with Crippen LogP contribution in [0, 0.1) is 11.8 Å². The van der Waals surface area contributed by atoms with Crippen molar-refractivity contribution in [2.45, 2.75) is 45.2 Å². The molecule has 0 radical (unpaired) electrons. The number of carbonyl (C=O) groups excluding carboxylic acids is 1. The Morgan fingerprint density at radius 1 is 1.30 bits per heavy atom. The van der Waals surface area contributed by atoms with Crippen molar-refractivity contribution in [3.63, 3.8) is 0 Å². The molecule has 2 fully saturated rings. The van der Waals surface area contributed by atoms with Gasteiger partial charge in [-0.05, 0) is 31.7 Å². The molecule has 2 aliphatic heterocycles. The Labute approximate surface area is 119 Å². The fraction of sp³-hybridized carbons (Fsp3) is 0.857. The number of nitrogens with one attached hydrogen (secondary N) is 2. The lowest BCUT2D eigenvalue weighted by Crippen LogP contribution is -2.48. The highest BCUT2D eigenvalue weighted by Gasteiger charge is 2.37. The molecule has 0 aromatic rings. The first kappa shape index (κ1) is 15.1. The van der Waals surface area contributed by atoms with Crippen LogP contribution in [0.25, 0.3) is 0 Å². The summed E-state index contributed by atoms with van der Waals surface area (Å²) in [4.78, 5) is 25.4. The predicted molar refractivity (Wildman–Crippen MR) is 75.5 cm³/mol. The van der Waals surface area contributed by atoms with Crippen molar-refractivity contribution in [1.29, 1.82) is 0 Å². The van der Waals surface area contributed by atoms with Crippen molar-refractivity contribution in [1.82, 2.24) is 15.5 Å². The Morgan fingerprint density at radius 2 is 2.05 bits per heavy atom. The monoisotopic (exact) mass is 283 g/mol. The molecule has 0 spiro atoms. The van der Waals surface area contributed by atoms with E-state index in [0.717, 1.165) is 25.9 Å². The normalized spacial score (nSPS) is 27.4. The van der Waals surface area contributed by atoms with Crippen LogP contribution in [0.2, 0.25) is 0 Å². The quantitative estimate of drug-likeness (QED) is 0.699. The highest BCUT2D eigenvalue weighted by atomic mass is 16.4. The maximum atomic E-state index is 11.9. The van der Waals surface area contributed by atoms with E-state index in [2.05, 4.69) is 15.5 Å². The van der Waals surface area contributed by atoms with Gasteiger partial charge in [-0.1, -0.05) is 13.8 Å². The number of hydrogen-bond donors (Lipinski definition) is 3. The Balaban J connectivity index is 1.76. The van der Waals surface area contributed by atoms with Crippen LogP contribution in [-0.4, -0.2) is 53.7 Å². The lowest BCUT2D eigenvalue weighted by atomic mass is 9.96. The fourth-order valence-electron chi connectivity index (χ4n) is 3.28. The zero-order valence-electron chi connectivity index (χ0n) is 12.3. The van der Waals surface area contributed by atoms with Crippen molar-refractivity contribution in [3.05, 3.63) is 0 Å². The van der Waals surface area contributed by atoms with Gasteiger partial charge in [0.15, 0.2) is 0 Å². The van der Waals surface area contributed by atoms with Crippen molar-refractivity contribution in [2.75, 3.05) is 19.6 Å². The third kappa shape index (κ3) is 3.42. The lowest BCUT2D eigenvalue weighted by molar-refractivity contribution is -0.142. The number of carboxylic acid groups (broad SMARTS) is 1. The molecule has 2 rings (SSSR count). The van der Waals surface area contributed by atoms with E-state index in [1.165, 1.54) is 6.42 Å². The molecule has 2 amide bonds. The van der Waals surface area contributed by atoms with Crippen LogP contribution < -0.4 is 10.6 Å². The number of nitrogens with zero attached hydrogens (tertiary/aromatic N) is 1. The smallest absolute Gasteiger partial charge is 0.315 e. The van der Waals surface area contributed by atoms with Crippen LogP contribution in [0.4, 0.5) is 4.79 Å². The number of amides is 2. The zero-order chi connectivity index (χ0) is 14.7. The molecule has 2 heterocycles. The molecule has 2 saturated heterocycles. The standard InChI is InChI=1S/C14H25N3O3/c1-9(2)10(13(18)19)8-15-14(20)16-11-5-7-17-6-3-4-12(11)17/h9-12H,3-8H2,1-2H3,(H,18,19)(H2,15,16,20). The van der Waals surface area contributed by atoms with E-state index in [0.29, 0.717) is 6.04 Å². The number of aliphatic carboxylic acids is 1. The largest absolute Gasteiger partial charge is 0.481 e. The molecule has 3 atom stereocenters. The second kappa shape index (κ2) is 6.43. The van der Waals surface area contributed by atoms with E-state index in [4.69, 9.17) is 5.11 Å². The first-order valence-electron chi connectivity index (χ1n) is 7.50. The van der Waals surface area contributed by atoms with E-state index in [-0.39, 0.29) is 24.5 Å². The van der Waals surface area contributed by atoms with E-state index in [1.54, 1.807) is 0 Å². The maximum absolute atomic E-state index is 11.9. The molecular formula is C14H25N3O3. The molecule has 114 valence electrons. The molecule has 0 saturated carbocycles. The van der Waals surface area contributed by atoms with Gasteiger partial charge in [0.05, 0.1) is 5.92 Å². The molecule has 6 nitrogen and oxygen atoms in total.